The second kappa shape index (κ2) is 34.9. The molecule has 0 bridgehead atoms. The van der Waals surface area contributed by atoms with Gasteiger partial charge in [-0.15, -0.1) is 0 Å². The number of hydrogen-bond acceptors (Lipinski definition) is 6. The van der Waals surface area contributed by atoms with Crippen LogP contribution in [-0.4, -0.2) is 49.6 Å². The lowest BCUT2D eigenvalue weighted by molar-refractivity contribution is -0.175. The van der Waals surface area contributed by atoms with Crippen molar-refractivity contribution in [1.82, 2.24) is 4.90 Å². The van der Waals surface area contributed by atoms with E-state index in [-0.39, 0.29) is 19.4 Å². The summed E-state index contributed by atoms with van der Waals surface area (Å²) in [5, 5.41) is 0. The van der Waals surface area contributed by atoms with Gasteiger partial charge in [-0.05, 0) is 91.1 Å². The molecular formula is C41H71NO5. The monoisotopic (exact) mass is 658 g/mol. The molecule has 0 amide bonds. The predicted molar refractivity (Wildman–Crippen MR) is 198 cm³/mol. The molecule has 1 atom stereocenters. The number of nitrogens with zero attached hydrogens (tertiary/aromatic N) is 1. The Morgan fingerprint density at radius 1 is 0.511 bits per heavy atom. The first-order valence-corrected chi connectivity index (χ1v) is 19.1. The summed E-state index contributed by atoms with van der Waals surface area (Å²) in [4.78, 5) is 39.1. The third-order valence-electron chi connectivity index (χ3n) is 7.95. The summed E-state index contributed by atoms with van der Waals surface area (Å²) in [6, 6.07) is 0. The van der Waals surface area contributed by atoms with Crippen LogP contribution in [-0.2, 0) is 23.9 Å². The SMILES string of the molecule is CCCCC/C=C\C/C=C\CCCCCCCC(=O)OC(=O)C(CN(C)C)OC(=O)CCCCCCC/C=C\C/C=C\CCCCC. The highest BCUT2D eigenvalue weighted by Crippen LogP contribution is 2.12. The number of carbonyl (C=O) groups excluding carboxylic acids is 3. The molecule has 0 radical (unpaired) electrons. The molecule has 0 spiro atoms. The number of ether oxygens (including phenoxy) is 2. The molecule has 6 nitrogen and oxygen atoms in total. The van der Waals surface area contributed by atoms with E-state index in [0.29, 0.717) is 6.42 Å². The number of unbranched alkanes of at least 4 members (excludes halogenated alkanes) is 16. The highest BCUT2D eigenvalue weighted by Gasteiger charge is 2.27. The predicted octanol–water partition coefficient (Wildman–Crippen LogP) is 11.2. The van der Waals surface area contributed by atoms with Crippen molar-refractivity contribution >= 4 is 17.9 Å². The number of likely N-dealkylation sites (N-methyl/N-ethyl adjacent to an activating group) is 1. The van der Waals surface area contributed by atoms with Gasteiger partial charge in [-0.3, -0.25) is 9.59 Å². The van der Waals surface area contributed by atoms with Gasteiger partial charge in [0.25, 0.3) is 0 Å². The summed E-state index contributed by atoms with van der Waals surface area (Å²) in [5.41, 5.74) is 0. The molecule has 0 rings (SSSR count). The molecular weight excluding hydrogens is 586 g/mol. The zero-order valence-electron chi connectivity index (χ0n) is 30.9. The highest BCUT2D eigenvalue weighted by molar-refractivity contribution is 5.89. The molecule has 47 heavy (non-hydrogen) atoms. The van der Waals surface area contributed by atoms with Crippen LogP contribution in [0, 0.1) is 0 Å². The van der Waals surface area contributed by atoms with Gasteiger partial charge in [0.05, 0.1) is 0 Å². The fraction of sp³-hybridized carbons (Fsp3) is 0.732. The van der Waals surface area contributed by atoms with E-state index in [1.165, 1.54) is 51.4 Å². The van der Waals surface area contributed by atoms with E-state index in [2.05, 4.69) is 62.5 Å². The maximum atomic E-state index is 12.6. The van der Waals surface area contributed by atoms with E-state index >= 15 is 0 Å². The molecule has 0 aromatic rings. The standard InChI is InChI=1S/C41H71NO5/c1-5-7-9-11-13-15-17-19-21-23-25-27-29-31-33-35-39(43)46-38(37-42(3)4)41(45)47-40(44)36-34-32-30-28-26-24-22-20-18-16-14-12-10-8-6-2/h13-16,19-22,38H,5-12,17-18,23-37H2,1-4H3/b15-13-,16-14-,21-19-,22-20-. The molecule has 0 N–H and O–H groups in total. The van der Waals surface area contributed by atoms with Crippen molar-refractivity contribution < 1.29 is 23.9 Å². The van der Waals surface area contributed by atoms with Crippen LogP contribution in [0.1, 0.15) is 168 Å². The minimum atomic E-state index is -1.09. The Morgan fingerprint density at radius 3 is 1.32 bits per heavy atom. The van der Waals surface area contributed by atoms with Crippen LogP contribution in [0.5, 0.6) is 0 Å². The zero-order valence-corrected chi connectivity index (χ0v) is 30.9. The smallest absolute Gasteiger partial charge is 0.356 e. The highest BCUT2D eigenvalue weighted by atomic mass is 16.6. The quantitative estimate of drug-likeness (QED) is 0.0310. The Morgan fingerprint density at radius 2 is 0.894 bits per heavy atom. The minimum absolute atomic E-state index is 0.184. The maximum Gasteiger partial charge on any atom is 0.356 e. The molecule has 0 aliphatic heterocycles. The molecule has 0 heterocycles. The second-order valence-corrected chi connectivity index (χ2v) is 13.0. The molecule has 0 aromatic carbocycles. The Bertz CT molecular complexity index is 873. The van der Waals surface area contributed by atoms with Gasteiger partial charge in [0.1, 0.15) is 0 Å². The second-order valence-electron chi connectivity index (χ2n) is 13.0. The number of carbonyl (C=O) groups is 3. The third-order valence-corrected chi connectivity index (χ3v) is 7.95. The molecule has 6 heteroatoms. The molecule has 0 saturated carbocycles. The summed E-state index contributed by atoms with van der Waals surface area (Å²) in [6.45, 7) is 4.64. The maximum absolute atomic E-state index is 12.6. The van der Waals surface area contributed by atoms with Crippen LogP contribution in [0.25, 0.3) is 0 Å². The lowest BCUT2D eigenvalue weighted by Crippen LogP contribution is -2.38. The van der Waals surface area contributed by atoms with Crippen LogP contribution >= 0.6 is 0 Å². The Hall–Kier alpha value is -2.47. The van der Waals surface area contributed by atoms with Crippen LogP contribution in [0.2, 0.25) is 0 Å². The van der Waals surface area contributed by atoms with Crippen LogP contribution in [0.15, 0.2) is 48.6 Å². The van der Waals surface area contributed by atoms with E-state index < -0.39 is 24.0 Å². The summed E-state index contributed by atoms with van der Waals surface area (Å²) < 4.78 is 10.5. The van der Waals surface area contributed by atoms with Crippen LogP contribution in [0.3, 0.4) is 0 Å². The lowest BCUT2D eigenvalue weighted by atomic mass is 10.1. The van der Waals surface area contributed by atoms with Crippen molar-refractivity contribution in [2.75, 3.05) is 20.6 Å². The van der Waals surface area contributed by atoms with E-state index in [1.807, 2.05) is 0 Å². The number of allylic oxidation sites excluding steroid dienone is 8. The third kappa shape index (κ3) is 33.2. The fourth-order valence-corrected chi connectivity index (χ4v) is 5.10. The number of esters is 3. The fourth-order valence-electron chi connectivity index (χ4n) is 5.10. The normalized spacial score (nSPS) is 12.7. The molecule has 0 aromatic heterocycles. The number of rotatable bonds is 32. The molecule has 0 fully saturated rings. The summed E-state index contributed by atoms with van der Waals surface area (Å²) >= 11 is 0. The summed E-state index contributed by atoms with van der Waals surface area (Å²) in [7, 11) is 3.58. The summed E-state index contributed by atoms with van der Waals surface area (Å²) in [6.07, 6.45) is 41.8. The van der Waals surface area contributed by atoms with Gasteiger partial charge in [0.15, 0.2) is 0 Å². The largest absolute Gasteiger partial charge is 0.449 e. The van der Waals surface area contributed by atoms with Gasteiger partial charge in [-0.1, -0.05) is 127 Å². The van der Waals surface area contributed by atoms with Gasteiger partial charge >= 0.3 is 17.9 Å². The molecule has 270 valence electrons. The lowest BCUT2D eigenvalue weighted by Gasteiger charge is -2.19. The minimum Gasteiger partial charge on any atom is -0.449 e. The van der Waals surface area contributed by atoms with E-state index in [0.717, 1.165) is 83.5 Å². The molecule has 0 aliphatic carbocycles. The first-order chi connectivity index (χ1) is 22.9. The Labute approximate surface area is 289 Å². The zero-order chi connectivity index (χ0) is 34.6. The molecule has 0 aliphatic rings. The van der Waals surface area contributed by atoms with Gasteiger partial charge in [0.2, 0.25) is 6.10 Å². The van der Waals surface area contributed by atoms with Gasteiger partial charge in [0, 0.05) is 19.4 Å². The van der Waals surface area contributed by atoms with Gasteiger partial charge in [-0.25, -0.2) is 4.79 Å². The van der Waals surface area contributed by atoms with E-state index in [4.69, 9.17) is 9.47 Å². The van der Waals surface area contributed by atoms with E-state index in [9.17, 15) is 14.4 Å². The van der Waals surface area contributed by atoms with Crippen LogP contribution < -0.4 is 0 Å². The Balaban J connectivity index is 3.99. The van der Waals surface area contributed by atoms with Gasteiger partial charge < -0.3 is 14.4 Å². The van der Waals surface area contributed by atoms with Crippen molar-refractivity contribution in [2.24, 2.45) is 0 Å². The Kier molecular flexibility index (Phi) is 33.0. The molecule has 0 saturated heterocycles. The average molecular weight is 658 g/mol. The van der Waals surface area contributed by atoms with Crippen LogP contribution in [0.4, 0.5) is 0 Å². The van der Waals surface area contributed by atoms with Crippen molar-refractivity contribution in [1.29, 1.82) is 0 Å². The van der Waals surface area contributed by atoms with Crippen molar-refractivity contribution in [3.63, 3.8) is 0 Å². The topological polar surface area (TPSA) is 72.9 Å². The molecule has 1 unspecified atom stereocenters. The summed E-state index contributed by atoms with van der Waals surface area (Å²) in [5.74, 6) is -1.74. The first kappa shape index (κ1) is 44.5. The van der Waals surface area contributed by atoms with Crippen molar-refractivity contribution in [3.05, 3.63) is 48.6 Å². The average Bonchev–Trinajstić information content (AvgIpc) is 3.04. The first-order valence-electron chi connectivity index (χ1n) is 19.1. The van der Waals surface area contributed by atoms with Gasteiger partial charge in [-0.2, -0.15) is 0 Å². The van der Waals surface area contributed by atoms with Crippen molar-refractivity contribution in [2.45, 2.75) is 174 Å². The van der Waals surface area contributed by atoms with E-state index in [1.54, 1.807) is 19.0 Å². The number of hydrogen-bond donors (Lipinski definition) is 0. The van der Waals surface area contributed by atoms with Crippen molar-refractivity contribution in [3.8, 4) is 0 Å².